The Kier molecular flexibility index (Phi) is 6.96. The maximum absolute atomic E-state index is 12.6. The monoisotopic (exact) mass is 406 g/mol. The Morgan fingerprint density at radius 2 is 1.86 bits per heavy atom. The van der Waals surface area contributed by atoms with Crippen LogP contribution in [-0.2, 0) is 26.9 Å². The molecule has 2 atom stereocenters. The highest BCUT2D eigenvalue weighted by molar-refractivity contribution is 5.87. The van der Waals surface area contributed by atoms with Gasteiger partial charge in [0.25, 0.3) is 5.91 Å². The molecule has 2 aromatic rings. The average Bonchev–Trinajstić information content (AvgIpc) is 2.71. The van der Waals surface area contributed by atoms with Crippen LogP contribution in [0.4, 0.5) is 13.2 Å². The molecule has 0 aliphatic carbocycles. The minimum absolute atomic E-state index is 0.00628. The molecule has 0 heterocycles. The minimum Gasteiger partial charge on any atom is -0.467 e. The highest BCUT2D eigenvalue weighted by Crippen LogP contribution is 2.30. The molecule has 0 saturated heterocycles. The van der Waals surface area contributed by atoms with E-state index in [4.69, 9.17) is 5.26 Å². The first-order chi connectivity index (χ1) is 13.7. The zero-order valence-electron chi connectivity index (χ0n) is 15.2. The molecule has 9 heteroatoms. The highest BCUT2D eigenvalue weighted by atomic mass is 19.4. The van der Waals surface area contributed by atoms with Crippen LogP contribution in [0.2, 0.25) is 0 Å². The van der Waals surface area contributed by atoms with Crippen molar-refractivity contribution in [2.24, 2.45) is 0 Å². The number of alkyl halides is 3. The van der Waals surface area contributed by atoms with Gasteiger partial charge in [0.05, 0.1) is 24.3 Å². The van der Waals surface area contributed by atoms with Crippen LogP contribution in [-0.4, -0.2) is 30.1 Å². The molecule has 0 bridgehead atoms. The van der Waals surface area contributed by atoms with E-state index in [0.29, 0.717) is 11.1 Å². The van der Waals surface area contributed by atoms with Crippen LogP contribution < -0.4 is 5.32 Å². The Morgan fingerprint density at radius 1 is 1.21 bits per heavy atom. The van der Waals surface area contributed by atoms with Crippen molar-refractivity contribution in [2.75, 3.05) is 7.11 Å². The normalized spacial score (nSPS) is 13.1. The second-order valence-corrected chi connectivity index (χ2v) is 6.12. The first-order valence-corrected chi connectivity index (χ1v) is 8.38. The molecule has 0 saturated carbocycles. The number of nitriles is 1. The molecule has 2 aromatic carbocycles. The van der Waals surface area contributed by atoms with Crippen molar-refractivity contribution < 1.29 is 32.6 Å². The Labute approximate surface area is 164 Å². The zero-order chi connectivity index (χ0) is 21.6. The molecular formula is C20H17F3N2O4. The van der Waals surface area contributed by atoms with Gasteiger partial charge in [-0.3, -0.25) is 4.79 Å². The van der Waals surface area contributed by atoms with E-state index in [2.05, 4.69) is 10.1 Å². The predicted molar refractivity (Wildman–Crippen MR) is 95.2 cm³/mol. The van der Waals surface area contributed by atoms with Crippen LogP contribution in [0.15, 0.2) is 48.5 Å². The summed E-state index contributed by atoms with van der Waals surface area (Å²) in [5.41, 5.74) is -0.0461. The fourth-order valence-corrected chi connectivity index (χ4v) is 2.60. The van der Waals surface area contributed by atoms with Gasteiger partial charge in [0, 0.05) is 6.42 Å². The number of esters is 1. The van der Waals surface area contributed by atoms with Crippen molar-refractivity contribution in [1.29, 1.82) is 5.26 Å². The summed E-state index contributed by atoms with van der Waals surface area (Å²) >= 11 is 0. The summed E-state index contributed by atoms with van der Waals surface area (Å²) in [4.78, 5) is 24.3. The first-order valence-electron chi connectivity index (χ1n) is 8.38. The SMILES string of the molecule is COC(=O)[C@@H](Cc1cccc(C#N)c1)NC(=O)[C@@H](O)c1ccc(C(F)(F)F)cc1. The van der Waals surface area contributed by atoms with Gasteiger partial charge >= 0.3 is 12.1 Å². The zero-order valence-corrected chi connectivity index (χ0v) is 15.2. The lowest BCUT2D eigenvalue weighted by atomic mass is 10.0. The third-order valence-electron chi connectivity index (χ3n) is 4.10. The summed E-state index contributed by atoms with van der Waals surface area (Å²) in [7, 11) is 1.12. The predicted octanol–water partition coefficient (Wildman–Crippen LogP) is 2.51. The number of benzene rings is 2. The summed E-state index contributed by atoms with van der Waals surface area (Å²) in [6, 6.07) is 10.6. The van der Waals surface area contributed by atoms with Gasteiger partial charge in [-0.1, -0.05) is 24.3 Å². The number of hydrogen-bond acceptors (Lipinski definition) is 5. The van der Waals surface area contributed by atoms with Gasteiger partial charge < -0.3 is 15.2 Å². The van der Waals surface area contributed by atoms with E-state index in [1.54, 1.807) is 18.2 Å². The number of hydrogen-bond donors (Lipinski definition) is 2. The van der Waals surface area contributed by atoms with Gasteiger partial charge in [-0.25, -0.2) is 4.79 Å². The van der Waals surface area contributed by atoms with E-state index in [0.717, 1.165) is 31.4 Å². The number of halogens is 3. The summed E-state index contributed by atoms with van der Waals surface area (Å²) in [6.07, 6.45) is -6.33. The third-order valence-corrected chi connectivity index (χ3v) is 4.10. The fraction of sp³-hybridized carbons (Fsp3) is 0.250. The van der Waals surface area contributed by atoms with Crippen molar-refractivity contribution in [2.45, 2.75) is 24.7 Å². The lowest BCUT2D eigenvalue weighted by Gasteiger charge is -2.19. The molecule has 6 nitrogen and oxygen atoms in total. The molecule has 0 fully saturated rings. The largest absolute Gasteiger partial charge is 0.467 e. The lowest BCUT2D eigenvalue weighted by molar-refractivity contribution is -0.146. The van der Waals surface area contributed by atoms with Gasteiger partial charge in [0.15, 0.2) is 6.10 Å². The lowest BCUT2D eigenvalue weighted by Crippen LogP contribution is -2.45. The molecule has 0 unspecified atom stereocenters. The van der Waals surface area contributed by atoms with Crippen molar-refractivity contribution in [3.63, 3.8) is 0 Å². The number of nitrogens with one attached hydrogen (secondary N) is 1. The molecule has 2 rings (SSSR count). The van der Waals surface area contributed by atoms with Crippen LogP contribution in [0.25, 0.3) is 0 Å². The Balaban J connectivity index is 2.14. The summed E-state index contributed by atoms with van der Waals surface area (Å²) in [5.74, 6) is -1.75. The molecule has 0 spiro atoms. The maximum Gasteiger partial charge on any atom is 0.416 e. The number of rotatable bonds is 6. The Hall–Kier alpha value is -3.38. The van der Waals surface area contributed by atoms with Gasteiger partial charge in [-0.2, -0.15) is 18.4 Å². The number of aliphatic hydroxyl groups excluding tert-OH is 1. The van der Waals surface area contributed by atoms with Gasteiger partial charge in [-0.15, -0.1) is 0 Å². The number of carbonyl (C=O) groups excluding carboxylic acids is 2. The molecule has 152 valence electrons. The second-order valence-electron chi connectivity index (χ2n) is 6.12. The highest BCUT2D eigenvalue weighted by Gasteiger charge is 2.31. The molecule has 29 heavy (non-hydrogen) atoms. The third kappa shape index (κ3) is 5.80. The van der Waals surface area contributed by atoms with Crippen LogP contribution in [0.1, 0.15) is 28.4 Å². The topological polar surface area (TPSA) is 99.4 Å². The van der Waals surface area contributed by atoms with Crippen molar-refractivity contribution in [3.05, 3.63) is 70.8 Å². The number of methoxy groups -OCH3 is 1. The van der Waals surface area contributed by atoms with E-state index < -0.39 is 35.8 Å². The molecule has 0 radical (unpaired) electrons. The van der Waals surface area contributed by atoms with Crippen molar-refractivity contribution in [3.8, 4) is 6.07 Å². The van der Waals surface area contributed by atoms with Crippen LogP contribution in [0.3, 0.4) is 0 Å². The van der Waals surface area contributed by atoms with Crippen LogP contribution in [0.5, 0.6) is 0 Å². The van der Waals surface area contributed by atoms with Gasteiger partial charge in [0.1, 0.15) is 6.04 Å². The average molecular weight is 406 g/mol. The smallest absolute Gasteiger partial charge is 0.416 e. The van der Waals surface area contributed by atoms with E-state index in [-0.39, 0.29) is 12.0 Å². The summed E-state index contributed by atoms with van der Waals surface area (Å²) in [5, 5.41) is 21.4. The minimum atomic E-state index is -4.54. The quantitative estimate of drug-likeness (QED) is 0.719. The number of ether oxygens (including phenoxy) is 1. The van der Waals surface area contributed by atoms with E-state index in [9.17, 15) is 27.9 Å². The summed E-state index contributed by atoms with van der Waals surface area (Å²) < 4.78 is 42.5. The maximum atomic E-state index is 12.6. The fourth-order valence-electron chi connectivity index (χ4n) is 2.60. The van der Waals surface area contributed by atoms with E-state index >= 15 is 0 Å². The number of amides is 1. The standard InChI is InChI=1S/C20H17F3N2O4/c1-29-19(28)16(10-12-3-2-4-13(9-12)11-24)25-18(27)17(26)14-5-7-15(8-6-14)20(21,22)23/h2-9,16-17,26H,10H2,1H3,(H,25,27)/t16-,17+/m1/s1. The van der Waals surface area contributed by atoms with Crippen LogP contribution in [0, 0.1) is 11.3 Å². The van der Waals surface area contributed by atoms with Crippen LogP contribution >= 0.6 is 0 Å². The molecule has 2 N–H and O–H groups in total. The summed E-state index contributed by atoms with van der Waals surface area (Å²) in [6.45, 7) is 0. The Morgan fingerprint density at radius 3 is 2.41 bits per heavy atom. The van der Waals surface area contributed by atoms with Crippen molar-refractivity contribution in [1.82, 2.24) is 5.32 Å². The molecule has 0 aliphatic heterocycles. The molecular weight excluding hydrogens is 389 g/mol. The first kappa shape index (κ1) is 21.9. The molecule has 0 aromatic heterocycles. The second kappa shape index (κ2) is 9.21. The number of carbonyl (C=O) groups is 2. The molecule has 0 aliphatic rings. The van der Waals surface area contributed by atoms with Gasteiger partial charge in [-0.05, 0) is 35.4 Å². The van der Waals surface area contributed by atoms with E-state index in [1.165, 1.54) is 6.07 Å². The Bertz CT molecular complexity index is 921. The number of nitrogens with zero attached hydrogens (tertiary/aromatic N) is 1. The van der Waals surface area contributed by atoms with Crippen molar-refractivity contribution >= 4 is 11.9 Å². The van der Waals surface area contributed by atoms with E-state index in [1.807, 2.05) is 6.07 Å². The number of aliphatic hydroxyl groups is 1. The van der Waals surface area contributed by atoms with Gasteiger partial charge in [0.2, 0.25) is 0 Å². The molecule has 1 amide bonds.